The first-order valence-electron chi connectivity index (χ1n) is 7.06. The van der Waals surface area contributed by atoms with E-state index in [9.17, 15) is 9.50 Å². The molecular weight excluding hydrogens is 269 g/mol. The average Bonchev–Trinajstić information content (AvgIpc) is 2.52. The van der Waals surface area contributed by atoms with Crippen LogP contribution in [0.15, 0.2) is 48.5 Å². The van der Waals surface area contributed by atoms with Gasteiger partial charge in [0.05, 0.1) is 0 Å². The van der Waals surface area contributed by atoms with Crippen molar-refractivity contribution in [3.8, 4) is 5.75 Å². The van der Waals surface area contributed by atoms with Crippen LogP contribution < -0.4 is 10.1 Å². The summed E-state index contributed by atoms with van der Waals surface area (Å²) in [7, 11) is 0. The van der Waals surface area contributed by atoms with Gasteiger partial charge >= 0.3 is 0 Å². The first-order valence-corrected chi connectivity index (χ1v) is 7.06. The maximum Gasteiger partial charge on any atom is 0.123 e. The Balaban J connectivity index is 1.76. The highest BCUT2D eigenvalue weighted by atomic mass is 19.1. The first-order chi connectivity index (χ1) is 10.2. The van der Waals surface area contributed by atoms with Gasteiger partial charge < -0.3 is 15.2 Å². The van der Waals surface area contributed by atoms with Crippen LogP contribution in [0.4, 0.5) is 10.1 Å². The molecule has 0 amide bonds. The molecule has 1 unspecified atom stereocenters. The fourth-order valence-electron chi connectivity index (χ4n) is 1.91. The molecule has 0 spiro atoms. The number of aliphatic hydroxyl groups is 1. The Bertz CT molecular complexity index is 557. The molecule has 0 saturated carbocycles. The van der Waals surface area contributed by atoms with Crippen LogP contribution in [-0.2, 0) is 6.42 Å². The van der Waals surface area contributed by atoms with E-state index in [1.165, 1.54) is 17.7 Å². The Morgan fingerprint density at radius 2 is 1.95 bits per heavy atom. The molecule has 21 heavy (non-hydrogen) atoms. The standard InChI is InChI=1S/C17H20FNO2/c1-2-13-4-3-5-17(10-13)21-12-16(20)11-19-15-8-6-14(18)7-9-15/h3-10,16,19-20H,2,11-12H2,1H3. The summed E-state index contributed by atoms with van der Waals surface area (Å²) in [4.78, 5) is 0. The van der Waals surface area contributed by atoms with E-state index < -0.39 is 6.10 Å². The van der Waals surface area contributed by atoms with Gasteiger partial charge in [-0.2, -0.15) is 0 Å². The summed E-state index contributed by atoms with van der Waals surface area (Å²) < 4.78 is 18.3. The number of aryl methyl sites for hydroxylation is 1. The lowest BCUT2D eigenvalue weighted by molar-refractivity contribution is 0.117. The van der Waals surface area contributed by atoms with E-state index in [1.54, 1.807) is 12.1 Å². The third-order valence-corrected chi connectivity index (χ3v) is 3.14. The average molecular weight is 289 g/mol. The van der Waals surface area contributed by atoms with Gasteiger partial charge in [0.2, 0.25) is 0 Å². The molecule has 3 nitrogen and oxygen atoms in total. The Labute approximate surface area is 124 Å². The van der Waals surface area contributed by atoms with Crippen molar-refractivity contribution >= 4 is 5.69 Å². The molecule has 0 aliphatic heterocycles. The minimum absolute atomic E-state index is 0.210. The fourth-order valence-corrected chi connectivity index (χ4v) is 1.91. The van der Waals surface area contributed by atoms with Crippen molar-refractivity contribution in [3.05, 3.63) is 59.9 Å². The van der Waals surface area contributed by atoms with Crippen LogP contribution in [0, 0.1) is 5.82 Å². The molecule has 2 N–H and O–H groups in total. The molecule has 0 aliphatic carbocycles. The Morgan fingerprint density at radius 3 is 2.67 bits per heavy atom. The molecule has 112 valence electrons. The quantitative estimate of drug-likeness (QED) is 0.822. The molecule has 2 aromatic rings. The van der Waals surface area contributed by atoms with E-state index in [0.29, 0.717) is 6.54 Å². The van der Waals surface area contributed by atoms with Crippen LogP contribution in [0.3, 0.4) is 0 Å². The highest BCUT2D eigenvalue weighted by Gasteiger charge is 2.05. The molecule has 0 aliphatic rings. The maximum atomic E-state index is 12.8. The van der Waals surface area contributed by atoms with Gasteiger partial charge in [0.15, 0.2) is 0 Å². The number of aliphatic hydroxyl groups excluding tert-OH is 1. The summed E-state index contributed by atoms with van der Waals surface area (Å²) in [5.74, 6) is 0.482. The van der Waals surface area contributed by atoms with Gasteiger partial charge in [0.1, 0.15) is 24.3 Å². The van der Waals surface area contributed by atoms with E-state index >= 15 is 0 Å². The van der Waals surface area contributed by atoms with Crippen molar-refractivity contribution in [1.29, 1.82) is 0 Å². The summed E-state index contributed by atoms with van der Waals surface area (Å²) in [5, 5.41) is 12.9. The van der Waals surface area contributed by atoms with Crippen LogP contribution in [0.1, 0.15) is 12.5 Å². The van der Waals surface area contributed by atoms with Gasteiger partial charge in [-0.3, -0.25) is 0 Å². The predicted octanol–water partition coefficient (Wildman–Crippen LogP) is 3.24. The summed E-state index contributed by atoms with van der Waals surface area (Å²) in [6, 6.07) is 13.8. The van der Waals surface area contributed by atoms with Gasteiger partial charge in [0, 0.05) is 12.2 Å². The third-order valence-electron chi connectivity index (χ3n) is 3.14. The van der Waals surface area contributed by atoms with Crippen LogP contribution in [0.25, 0.3) is 0 Å². The van der Waals surface area contributed by atoms with Gasteiger partial charge in [-0.1, -0.05) is 19.1 Å². The maximum absolute atomic E-state index is 12.8. The van der Waals surface area contributed by atoms with E-state index in [4.69, 9.17) is 4.74 Å². The minimum Gasteiger partial charge on any atom is -0.491 e. The molecule has 0 fully saturated rings. The zero-order valence-electron chi connectivity index (χ0n) is 12.1. The van der Waals surface area contributed by atoms with E-state index in [0.717, 1.165) is 17.9 Å². The van der Waals surface area contributed by atoms with E-state index in [2.05, 4.69) is 12.2 Å². The number of halogens is 1. The smallest absolute Gasteiger partial charge is 0.123 e. The number of hydrogen-bond donors (Lipinski definition) is 2. The highest BCUT2D eigenvalue weighted by molar-refractivity contribution is 5.42. The second-order valence-electron chi connectivity index (χ2n) is 4.85. The number of ether oxygens (including phenoxy) is 1. The van der Waals surface area contributed by atoms with Crippen molar-refractivity contribution in [2.45, 2.75) is 19.4 Å². The van der Waals surface area contributed by atoms with Crippen molar-refractivity contribution in [3.63, 3.8) is 0 Å². The number of rotatable bonds is 7. The van der Waals surface area contributed by atoms with Gasteiger partial charge in [-0.15, -0.1) is 0 Å². The molecule has 2 aromatic carbocycles. The van der Waals surface area contributed by atoms with Crippen LogP contribution >= 0.6 is 0 Å². The first kappa shape index (κ1) is 15.3. The van der Waals surface area contributed by atoms with Gasteiger partial charge in [0.25, 0.3) is 0 Å². The molecule has 2 rings (SSSR count). The molecule has 1 atom stereocenters. The summed E-state index contributed by atoms with van der Waals surface area (Å²) in [6.07, 6.45) is 0.312. The molecule has 4 heteroatoms. The van der Waals surface area contributed by atoms with Crippen LogP contribution in [0.2, 0.25) is 0 Å². The highest BCUT2D eigenvalue weighted by Crippen LogP contribution is 2.14. The van der Waals surface area contributed by atoms with Crippen molar-refractivity contribution in [1.82, 2.24) is 0 Å². The topological polar surface area (TPSA) is 41.5 Å². The molecule has 0 aromatic heterocycles. The van der Waals surface area contributed by atoms with Crippen LogP contribution in [-0.4, -0.2) is 24.4 Å². The molecule has 0 radical (unpaired) electrons. The second kappa shape index (κ2) is 7.64. The van der Waals surface area contributed by atoms with Crippen molar-refractivity contribution < 1.29 is 14.2 Å². The summed E-state index contributed by atoms with van der Waals surface area (Å²) in [5.41, 5.74) is 1.97. The summed E-state index contributed by atoms with van der Waals surface area (Å²) in [6.45, 7) is 2.64. The number of anilines is 1. The van der Waals surface area contributed by atoms with Crippen LogP contribution in [0.5, 0.6) is 5.75 Å². The third kappa shape index (κ3) is 5.08. The molecule has 0 heterocycles. The van der Waals surface area contributed by atoms with Gasteiger partial charge in [-0.05, 0) is 48.4 Å². The molecular formula is C17H20FNO2. The zero-order valence-corrected chi connectivity index (χ0v) is 12.1. The lowest BCUT2D eigenvalue weighted by Crippen LogP contribution is -2.26. The minimum atomic E-state index is -0.639. The normalized spacial score (nSPS) is 12.0. The monoisotopic (exact) mass is 289 g/mol. The van der Waals surface area contributed by atoms with Gasteiger partial charge in [-0.25, -0.2) is 4.39 Å². The summed E-state index contributed by atoms with van der Waals surface area (Å²) >= 11 is 0. The lowest BCUT2D eigenvalue weighted by atomic mass is 10.2. The second-order valence-corrected chi connectivity index (χ2v) is 4.85. The Morgan fingerprint density at radius 1 is 1.19 bits per heavy atom. The number of benzene rings is 2. The zero-order chi connectivity index (χ0) is 15.1. The molecule has 0 saturated heterocycles. The molecule has 0 bridgehead atoms. The lowest BCUT2D eigenvalue weighted by Gasteiger charge is -2.14. The van der Waals surface area contributed by atoms with Crippen molar-refractivity contribution in [2.75, 3.05) is 18.5 Å². The largest absolute Gasteiger partial charge is 0.491 e. The number of nitrogens with one attached hydrogen (secondary N) is 1. The number of hydrogen-bond acceptors (Lipinski definition) is 3. The van der Waals surface area contributed by atoms with Crippen molar-refractivity contribution in [2.24, 2.45) is 0 Å². The van der Waals surface area contributed by atoms with E-state index in [-0.39, 0.29) is 12.4 Å². The predicted molar refractivity (Wildman–Crippen MR) is 82.2 cm³/mol. The fraction of sp³-hybridized carbons (Fsp3) is 0.294. The Kier molecular flexibility index (Phi) is 5.58. The van der Waals surface area contributed by atoms with E-state index in [1.807, 2.05) is 24.3 Å². The SMILES string of the molecule is CCc1cccc(OCC(O)CNc2ccc(F)cc2)c1. The Hall–Kier alpha value is -2.07.